The summed E-state index contributed by atoms with van der Waals surface area (Å²) in [6.45, 7) is 0.576. The summed E-state index contributed by atoms with van der Waals surface area (Å²) in [6.07, 6.45) is -0.333. The number of anilines is 1. The molecule has 2 aromatic rings. The van der Waals surface area contributed by atoms with Gasteiger partial charge in [0.1, 0.15) is 12.6 Å². The fraction of sp³-hybridized carbons (Fsp3) is 0.440. The van der Waals surface area contributed by atoms with Crippen LogP contribution >= 0.6 is 23.2 Å². The van der Waals surface area contributed by atoms with Gasteiger partial charge in [-0.25, -0.2) is 8.42 Å². The minimum absolute atomic E-state index is 0.0236. The quantitative estimate of drug-likeness (QED) is 0.430. The van der Waals surface area contributed by atoms with E-state index in [-0.39, 0.29) is 28.3 Å². The van der Waals surface area contributed by atoms with Crippen LogP contribution in [0.1, 0.15) is 43.7 Å². The molecule has 0 heterocycles. The zero-order valence-corrected chi connectivity index (χ0v) is 23.1. The van der Waals surface area contributed by atoms with E-state index >= 15 is 0 Å². The molecule has 13 heteroatoms. The van der Waals surface area contributed by atoms with Crippen LogP contribution in [0, 0.1) is 0 Å². The lowest BCUT2D eigenvalue weighted by Crippen LogP contribution is -2.52. The topological polar surface area (TPSA) is 86.8 Å². The van der Waals surface area contributed by atoms with Crippen molar-refractivity contribution in [1.29, 1.82) is 0 Å². The standard InChI is InChI=1S/C25H28Cl2F3N3O4S/c1-16(24(35)31-19-7-3-4-8-19)32(14-17-10-11-21(26)22(27)12-17)23(34)15-33(38(2,36)37)20-9-5-6-18(13-20)25(28,29)30/h5-6,9-13,16,19H,3-4,7-8,14-15H2,1-2H3,(H,31,35)/t16-/m1/s1. The van der Waals surface area contributed by atoms with E-state index in [9.17, 15) is 31.2 Å². The van der Waals surface area contributed by atoms with Gasteiger partial charge in [0, 0.05) is 12.6 Å². The number of carbonyl (C=O) groups is 2. The summed E-state index contributed by atoms with van der Waals surface area (Å²) in [6, 6.07) is 7.31. The van der Waals surface area contributed by atoms with Gasteiger partial charge < -0.3 is 10.2 Å². The third-order valence-electron chi connectivity index (χ3n) is 6.35. The maximum atomic E-state index is 13.6. The highest BCUT2D eigenvalue weighted by Gasteiger charge is 2.34. The van der Waals surface area contributed by atoms with Gasteiger partial charge in [0.15, 0.2) is 0 Å². The van der Waals surface area contributed by atoms with E-state index in [0.717, 1.165) is 44.1 Å². The molecule has 0 spiro atoms. The number of nitrogens with zero attached hydrogens (tertiary/aromatic N) is 2. The second-order valence-electron chi connectivity index (χ2n) is 9.25. The Morgan fingerprint density at radius 2 is 1.74 bits per heavy atom. The zero-order chi connectivity index (χ0) is 28.3. The summed E-state index contributed by atoms with van der Waals surface area (Å²) in [5.41, 5.74) is -0.862. The summed E-state index contributed by atoms with van der Waals surface area (Å²) >= 11 is 12.1. The number of hydrogen-bond donors (Lipinski definition) is 1. The van der Waals surface area contributed by atoms with Crippen molar-refractivity contribution in [2.75, 3.05) is 17.1 Å². The second-order valence-corrected chi connectivity index (χ2v) is 12.0. The first-order valence-electron chi connectivity index (χ1n) is 11.9. The Labute approximate surface area is 229 Å². The number of halogens is 5. The molecule has 2 amide bonds. The third-order valence-corrected chi connectivity index (χ3v) is 8.23. The first-order chi connectivity index (χ1) is 17.7. The van der Waals surface area contributed by atoms with Crippen molar-refractivity contribution in [3.8, 4) is 0 Å². The van der Waals surface area contributed by atoms with Gasteiger partial charge >= 0.3 is 6.18 Å². The van der Waals surface area contributed by atoms with E-state index in [1.165, 1.54) is 30.0 Å². The first-order valence-corrected chi connectivity index (χ1v) is 14.5. The molecular formula is C25H28Cl2F3N3O4S. The van der Waals surface area contributed by atoms with E-state index < -0.39 is 46.2 Å². The lowest BCUT2D eigenvalue weighted by atomic mass is 10.1. The number of sulfonamides is 1. The number of rotatable bonds is 9. The molecule has 0 radical (unpaired) electrons. The molecule has 1 atom stereocenters. The van der Waals surface area contributed by atoms with Crippen molar-refractivity contribution in [2.45, 2.75) is 57.4 Å². The van der Waals surface area contributed by atoms with E-state index in [1.807, 2.05) is 0 Å². The minimum Gasteiger partial charge on any atom is -0.352 e. The summed E-state index contributed by atoms with van der Waals surface area (Å²) in [5.74, 6) is -1.21. The molecular weight excluding hydrogens is 566 g/mol. The Hall–Kier alpha value is -2.50. The molecule has 0 saturated heterocycles. The second kappa shape index (κ2) is 12.1. The molecule has 1 N–H and O–H groups in total. The number of amides is 2. The van der Waals surface area contributed by atoms with Gasteiger partial charge in [0.25, 0.3) is 0 Å². The van der Waals surface area contributed by atoms with Crippen LogP contribution in [-0.2, 0) is 32.3 Å². The predicted molar refractivity (Wildman–Crippen MR) is 141 cm³/mol. The van der Waals surface area contributed by atoms with E-state index in [4.69, 9.17) is 23.2 Å². The largest absolute Gasteiger partial charge is 0.416 e. The van der Waals surface area contributed by atoms with Crippen LogP contribution in [0.4, 0.5) is 18.9 Å². The molecule has 0 aliphatic heterocycles. The van der Waals surface area contributed by atoms with Crippen LogP contribution in [0.3, 0.4) is 0 Å². The average molecular weight is 594 g/mol. The van der Waals surface area contributed by atoms with Crippen molar-refractivity contribution < 1.29 is 31.2 Å². The van der Waals surface area contributed by atoms with Gasteiger partial charge in [-0.3, -0.25) is 13.9 Å². The lowest BCUT2D eigenvalue weighted by molar-refractivity contribution is -0.139. The minimum atomic E-state index is -4.71. The van der Waals surface area contributed by atoms with Crippen LogP contribution in [0.25, 0.3) is 0 Å². The fourth-order valence-electron chi connectivity index (χ4n) is 4.26. The molecule has 0 bridgehead atoms. The normalized spacial score (nSPS) is 15.2. The smallest absolute Gasteiger partial charge is 0.352 e. The Morgan fingerprint density at radius 1 is 1.08 bits per heavy atom. The van der Waals surface area contributed by atoms with Gasteiger partial charge in [0.05, 0.1) is 27.6 Å². The van der Waals surface area contributed by atoms with Crippen LogP contribution in [0.15, 0.2) is 42.5 Å². The molecule has 3 rings (SSSR count). The van der Waals surface area contributed by atoms with Crippen molar-refractivity contribution in [2.24, 2.45) is 0 Å². The SMILES string of the molecule is C[C@H](C(=O)NC1CCCC1)N(Cc1ccc(Cl)c(Cl)c1)C(=O)CN(c1cccc(C(F)(F)F)c1)S(C)(=O)=O. The lowest BCUT2D eigenvalue weighted by Gasteiger charge is -2.32. The number of hydrogen-bond acceptors (Lipinski definition) is 4. The predicted octanol–water partition coefficient (Wildman–Crippen LogP) is 5.25. The number of nitrogens with one attached hydrogen (secondary N) is 1. The number of benzene rings is 2. The zero-order valence-electron chi connectivity index (χ0n) is 20.8. The Kier molecular flexibility index (Phi) is 9.59. The number of alkyl halides is 3. The molecule has 208 valence electrons. The maximum Gasteiger partial charge on any atom is 0.416 e. The molecule has 38 heavy (non-hydrogen) atoms. The summed E-state index contributed by atoms with van der Waals surface area (Å²) < 4.78 is 65.6. The first kappa shape index (κ1) is 30.0. The molecule has 1 saturated carbocycles. The molecule has 1 aliphatic carbocycles. The molecule has 2 aromatic carbocycles. The van der Waals surface area contributed by atoms with E-state index in [2.05, 4.69) is 5.32 Å². The highest BCUT2D eigenvalue weighted by molar-refractivity contribution is 7.92. The molecule has 0 aromatic heterocycles. The van der Waals surface area contributed by atoms with Gasteiger partial charge in [-0.2, -0.15) is 13.2 Å². The summed E-state index contributed by atoms with van der Waals surface area (Å²) in [5, 5.41) is 3.43. The summed E-state index contributed by atoms with van der Waals surface area (Å²) in [7, 11) is -4.18. The van der Waals surface area contributed by atoms with Crippen LogP contribution in [-0.4, -0.2) is 50.0 Å². The van der Waals surface area contributed by atoms with Crippen molar-refractivity contribution in [3.05, 3.63) is 63.6 Å². The van der Waals surface area contributed by atoms with Crippen LogP contribution in [0.2, 0.25) is 10.0 Å². The van der Waals surface area contributed by atoms with Crippen molar-refractivity contribution >= 4 is 50.7 Å². The molecule has 7 nitrogen and oxygen atoms in total. The fourth-order valence-corrected chi connectivity index (χ4v) is 5.42. The van der Waals surface area contributed by atoms with Crippen LogP contribution in [0.5, 0.6) is 0 Å². The van der Waals surface area contributed by atoms with Crippen molar-refractivity contribution in [1.82, 2.24) is 10.2 Å². The van der Waals surface area contributed by atoms with Gasteiger partial charge in [0.2, 0.25) is 21.8 Å². The van der Waals surface area contributed by atoms with Crippen LogP contribution < -0.4 is 9.62 Å². The maximum absolute atomic E-state index is 13.6. The average Bonchev–Trinajstić information content (AvgIpc) is 3.34. The highest BCUT2D eigenvalue weighted by atomic mass is 35.5. The van der Waals surface area contributed by atoms with E-state index in [1.54, 1.807) is 6.07 Å². The monoisotopic (exact) mass is 593 g/mol. The van der Waals surface area contributed by atoms with Gasteiger partial charge in [-0.05, 0) is 55.7 Å². The van der Waals surface area contributed by atoms with E-state index in [0.29, 0.717) is 15.9 Å². The molecule has 1 fully saturated rings. The summed E-state index contributed by atoms with van der Waals surface area (Å²) in [4.78, 5) is 27.8. The molecule has 0 unspecified atom stereocenters. The highest BCUT2D eigenvalue weighted by Crippen LogP contribution is 2.32. The Bertz CT molecular complexity index is 1280. The Morgan fingerprint density at radius 3 is 2.32 bits per heavy atom. The Balaban J connectivity index is 1.93. The number of carbonyl (C=O) groups excluding carboxylic acids is 2. The van der Waals surface area contributed by atoms with Crippen molar-refractivity contribution in [3.63, 3.8) is 0 Å². The van der Waals surface area contributed by atoms with Gasteiger partial charge in [-0.1, -0.05) is 48.2 Å². The third kappa shape index (κ3) is 7.77. The van der Waals surface area contributed by atoms with Gasteiger partial charge in [-0.15, -0.1) is 0 Å². The molecule has 1 aliphatic rings.